The minimum absolute atomic E-state index is 0.209. The second-order valence-electron chi connectivity index (χ2n) is 4.43. The molecule has 1 aromatic rings. The average Bonchev–Trinajstić information content (AvgIpc) is 2.43. The average molecular weight is 295 g/mol. The molecule has 0 bridgehead atoms. The van der Waals surface area contributed by atoms with Gasteiger partial charge in [-0.25, -0.2) is 8.42 Å². The van der Waals surface area contributed by atoms with Gasteiger partial charge < -0.3 is 5.11 Å². The van der Waals surface area contributed by atoms with Gasteiger partial charge in [0.25, 0.3) is 0 Å². The minimum Gasteiger partial charge on any atom is -0.384 e. The Labute approximate surface area is 121 Å². The summed E-state index contributed by atoms with van der Waals surface area (Å²) in [6.45, 7) is 6.37. The van der Waals surface area contributed by atoms with Crippen LogP contribution in [0.2, 0.25) is 0 Å². The zero-order chi connectivity index (χ0) is 15.2. The summed E-state index contributed by atoms with van der Waals surface area (Å²) in [7, 11) is -3.44. The van der Waals surface area contributed by atoms with Crippen LogP contribution in [0.25, 0.3) is 0 Å². The lowest BCUT2D eigenvalue weighted by atomic mass is 10.1. The predicted octanol–water partition coefficient (Wildman–Crippen LogP) is 1.76. The highest BCUT2D eigenvalue weighted by atomic mass is 32.2. The quantitative estimate of drug-likeness (QED) is 0.842. The molecule has 0 aromatic heterocycles. The van der Waals surface area contributed by atoms with Crippen LogP contribution in [0.15, 0.2) is 23.1 Å². The Bertz CT molecular complexity index is 612. The van der Waals surface area contributed by atoms with Crippen molar-refractivity contribution in [3.63, 3.8) is 0 Å². The summed E-state index contributed by atoms with van der Waals surface area (Å²) in [5.41, 5.74) is 1.52. The summed E-state index contributed by atoms with van der Waals surface area (Å²) in [5, 5.41) is 8.69. The SMILES string of the molecule is CCCN(CC)S(=O)(=O)c1ccc(C#CCO)c(C)c1. The van der Waals surface area contributed by atoms with Crippen LogP contribution in [0.1, 0.15) is 31.4 Å². The van der Waals surface area contributed by atoms with Crippen molar-refractivity contribution in [1.82, 2.24) is 4.31 Å². The Hall–Kier alpha value is -1.35. The van der Waals surface area contributed by atoms with Gasteiger partial charge in [-0.05, 0) is 37.1 Å². The van der Waals surface area contributed by atoms with Gasteiger partial charge in [0.2, 0.25) is 10.0 Å². The lowest BCUT2D eigenvalue weighted by molar-refractivity contribution is 0.350. The van der Waals surface area contributed by atoms with Crippen LogP contribution in [0.4, 0.5) is 0 Å². The highest BCUT2D eigenvalue weighted by Crippen LogP contribution is 2.19. The van der Waals surface area contributed by atoms with Crippen molar-refractivity contribution in [2.24, 2.45) is 0 Å². The first kappa shape index (κ1) is 16.7. The summed E-state index contributed by atoms with van der Waals surface area (Å²) < 4.78 is 26.4. The maximum absolute atomic E-state index is 12.5. The molecule has 0 spiro atoms. The van der Waals surface area contributed by atoms with E-state index < -0.39 is 10.0 Å². The van der Waals surface area contributed by atoms with E-state index in [9.17, 15) is 8.42 Å². The lowest BCUT2D eigenvalue weighted by Crippen LogP contribution is -2.31. The summed E-state index contributed by atoms with van der Waals surface area (Å²) in [6, 6.07) is 4.89. The van der Waals surface area contributed by atoms with Crippen molar-refractivity contribution in [2.45, 2.75) is 32.1 Å². The number of aryl methyl sites for hydroxylation is 1. The molecule has 0 saturated heterocycles. The molecule has 1 N–H and O–H groups in total. The molecule has 1 aromatic carbocycles. The van der Waals surface area contributed by atoms with Gasteiger partial charge in [0.05, 0.1) is 4.90 Å². The Morgan fingerprint density at radius 3 is 2.50 bits per heavy atom. The van der Waals surface area contributed by atoms with Gasteiger partial charge in [0, 0.05) is 18.7 Å². The number of aliphatic hydroxyl groups excluding tert-OH is 1. The molecule has 0 fully saturated rings. The van der Waals surface area contributed by atoms with Gasteiger partial charge in [0.1, 0.15) is 6.61 Å². The number of benzene rings is 1. The van der Waals surface area contributed by atoms with Gasteiger partial charge in [-0.3, -0.25) is 0 Å². The first-order valence-electron chi connectivity index (χ1n) is 6.67. The van der Waals surface area contributed by atoms with Crippen LogP contribution in [0.3, 0.4) is 0 Å². The van der Waals surface area contributed by atoms with E-state index in [1.165, 1.54) is 4.31 Å². The number of nitrogens with zero attached hydrogens (tertiary/aromatic N) is 1. The highest BCUT2D eigenvalue weighted by molar-refractivity contribution is 7.89. The number of rotatable bonds is 5. The van der Waals surface area contributed by atoms with Crippen molar-refractivity contribution in [2.75, 3.05) is 19.7 Å². The van der Waals surface area contributed by atoms with Gasteiger partial charge in [-0.15, -0.1) is 0 Å². The predicted molar refractivity (Wildman–Crippen MR) is 79.9 cm³/mol. The Kier molecular flexibility index (Phi) is 6.21. The fourth-order valence-electron chi connectivity index (χ4n) is 1.92. The molecule has 4 nitrogen and oxygen atoms in total. The third-order valence-corrected chi connectivity index (χ3v) is 4.93. The van der Waals surface area contributed by atoms with Crippen LogP contribution in [0, 0.1) is 18.8 Å². The molecule has 110 valence electrons. The van der Waals surface area contributed by atoms with E-state index in [4.69, 9.17) is 5.11 Å². The Morgan fingerprint density at radius 2 is 2.00 bits per heavy atom. The van der Waals surface area contributed by atoms with Gasteiger partial charge >= 0.3 is 0 Å². The molecule has 0 aliphatic carbocycles. The molecule has 1 rings (SSSR count). The zero-order valence-corrected chi connectivity index (χ0v) is 13.0. The fourth-order valence-corrected chi connectivity index (χ4v) is 3.55. The monoisotopic (exact) mass is 295 g/mol. The van der Waals surface area contributed by atoms with Crippen molar-refractivity contribution in [3.8, 4) is 11.8 Å². The van der Waals surface area contributed by atoms with E-state index in [2.05, 4.69) is 11.8 Å². The molecule has 20 heavy (non-hydrogen) atoms. The van der Waals surface area contributed by atoms with E-state index in [0.29, 0.717) is 18.0 Å². The molecular formula is C15H21NO3S. The standard InChI is InChI=1S/C15H21NO3S/c1-4-10-16(5-2)20(18,19)15-9-8-14(7-6-11-17)13(3)12-15/h8-9,12,17H,4-5,10-11H2,1-3H3. The molecule has 0 atom stereocenters. The lowest BCUT2D eigenvalue weighted by Gasteiger charge is -2.20. The molecule has 5 heteroatoms. The molecule has 0 saturated carbocycles. The fraction of sp³-hybridized carbons (Fsp3) is 0.467. The van der Waals surface area contributed by atoms with Crippen molar-refractivity contribution >= 4 is 10.0 Å². The maximum Gasteiger partial charge on any atom is 0.243 e. The number of aliphatic hydroxyl groups is 1. The molecule has 0 aliphatic rings. The normalized spacial score (nSPS) is 11.2. The molecular weight excluding hydrogens is 274 g/mol. The van der Waals surface area contributed by atoms with Crippen molar-refractivity contribution in [3.05, 3.63) is 29.3 Å². The van der Waals surface area contributed by atoms with E-state index in [-0.39, 0.29) is 6.61 Å². The largest absolute Gasteiger partial charge is 0.384 e. The summed E-state index contributed by atoms with van der Waals surface area (Å²) in [5.74, 6) is 5.36. The molecule has 0 unspecified atom stereocenters. The van der Waals surface area contributed by atoms with E-state index in [1.807, 2.05) is 20.8 Å². The summed E-state index contributed by atoms with van der Waals surface area (Å²) in [4.78, 5) is 0.292. The third kappa shape index (κ3) is 3.83. The van der Waals surface area contributed by atoms with E-state index in [0.717, 1.165) is 17.5 Å². The van der Waals surface area contributed by atoms with Crippen molar-refractivity contribution in [1.29, 1.82) is 0 Å². The second-order valence-corrected chi connectivity index (χ2v) is 6.37. The second kappa shape index (κ2) is 7.44. The summed E-state index contributed by atoms with van der Waals surface area (Å²) in [6.07, 6.45) is 0.784. The number of sulfonamides is 1. The Morgan fingerprint density at radius 1 is 1.30 bits per heavy atom. The van der Waals surface area contributed by atoms with Crippen molar-refractivity contribution < 1.29 is 13.5 Å². The van der Waals surface area contributed by atoms with Crippen LogP contribution >= 0.6 is 0 Å². The van der Waals surface area contributed by atoms with Gasteiger partial charge in [-0.2, -0.15) is 4.31 Å². The minimum atomic E-state index is -3.44. The molecule has 0 amide bonds. The van der Waals surface area contributed by atoms with E-state index in [1.54, 1.807) is 18.2 Å². The first-order chi connectivity index (χ1) is 9.47. The third-order valence-electron chi connectivity index (χ3n) is 2.96. The number of hydrogen-bond donors (Lipinski definition) is 1. The zero-order valence-electron chi connectivity index (χ0n) is 12.2. The Balaban J connectivity index is 3.17. The highest BCUT2D eigenvalue weighted by Gasteiger charge is 2.22. The number of hydrogen-bond acceptors (Lipinski definition) is 3. The topological polar surface area (TPSA) is 57.6 Å². The van der Waals surface area contributed by atoms with E-state index >= 15 is 0 Å². The maximum atomic E-state index is 12.5. The van der Waals surface area contributed by atoms with Gasteiger partial charge in [0.15, 0.2) is 0 Å². The smallest absolute Gasteiger partial charge is 0.243 e. The van der Waals surface area contributed by atoms with Gasteiger partial charge in [-0.1, -0.05) is 25.7 Å². The molecule has 0 radical (unpaired) electrons. The molecule has 0 heterocycles. The van der Waals surface area contributed by atoms with Crippen LogP contribution in [-0.2, 0) is 10.0 Å². The van der Waals surface area contributed by atoms with Crippen LogP contribution < -0.4 is 0 Å². The summed E-state index contributed by atoms with van der Waals surface area (Å²) >= 11 is 0. The molecule has 0 aliphatic heterocycles. The van der Waals surface area contributed by atoms with Crippen LogP contribution in [-0.4, -0.2) is 37.5 Å². The van der Waals surface area contributed by atoms with Crippen LogP contribution in [0.5, 0.6) is 0 Å². The first-order valence-corrected chi connectivity index (χ1v) is 8.11.